The van der Waals surface area contributed by atoms with E-state index in [1.54, 1.807) is 0 Å². The maximum atomic E-state index is 12.9. The van der Waals surface area contributed by atoms with Crippen molar-refractivity contribution in [3.05, 3.63) is 34.9 Å². The molecule has 6 heteroatoms. The average Bonchev–Trinajstić information content (AvgIpc) is 3.04. The highest BCUT2D eigenvalue weighted by molar-refractivity contribution is 7.59. The average molecular weight is 346 g/mol. The standard InChI is InChI=1S/C16H25ClNO3P/c1-2-21-22(19,16-5-3-11-20-16)12-4-10-18-13-14-6-8-15(17)9-7-14/h6-9,16,18H,2-5,10-13H2,1H3. The van der Waals surface area contributed by atoms with Crippen molar-refractivity contribution >= 4 is 19.0 Å². The molecule has 1 N–H and O–H groups in total. The molecule has 1 saturated heterocycles. The van der Waals surface area contributed by atoms with Crippen molar-refractivity contribution in [3.63, 3.8) is 0 Å². The lowest BCUT2D eigenvalue weighted by Crippen LogP contribution is -2.18. The summed E-state index contributed by atoms with van der Waals surface area (Å²) in [6.07, 6.45) is 3.25. The van der Waals surface area contributed by atoms with Gasteiger partial charge < -0.3 is 14.6 Å². The Kier molecular flexibility index (Phi) is 7.39. The van der Waals surface area contributed by atoms with Gasteiger partial charge in [-0.05, 0) is 50.4 Å². The zero-order valence-electron chi connectivity index (χ0n) is 13.1. The van der Waals surface area contributed by atoms with E-state index in [2.05, 4.69) is 5.32 Å². The molecule has 4 nitrogen and oxygen atoms in total. The maximum absolute atomic E-state index is 12.9. The Morgan fingerprint density at radius 3 is 2.82 bits per heavy atom. The lowest BCUT2D eigenvalue weighted by Gasteiger charge is -2.23. The van der Waals surface area contributed by atoms with E-state index in [1.807, 2.05) is 31.2 Å². The number of hydrogen-bond donors (Lipinski definition) is 1. The molecule has 0 aromatic heterocycles. The molecule has 1 heterocycles. The molecule has 22 heavy (non-hydrogen) atoms. The Morgan fingerprint density at radius 1 is 1.41 bits per heavy atom. The number of halogens is 1. The Hall–Kier alpha value is -0.380. The minimum absolute atomic E-state index is 0.191. The van der Waals surface area contributed by atoms with Crippen LogP contribution in [0.25, 0.3) is 0 Å². The molecule has 0 bridgehead atoms. The number of ether oxygens (including phenoxy) is 1. The number of hydrogen-bond acceptors (Lipinski definition) is 4. The summed E-state index contributed by atoms with van der Waals surface area (Å²) in [5, 5.41) is 4.11. The van der Waals surface area contributed by atoms with Crippen LogP contribution in [0.5, 0.6) is 0 Å². The van der Waals surface area contributed by atoms with Crippen LogP contribution in [0.1, 0.15) is 31.7 Å². The van der Waals surface area contributed by atoms with Gasteiger partial charge in [-0.1, -0.05) is 23.7 Å². The van der Waals surface area contributed by atoms with E-state index < -0.39 is 7.37 Å². The highest BCUT2D eigenvalue weighted by Crippen LogP contribution is 2.55. The fourth-order valence-electron chi connectivity index (χ4n) is 2.64. The van der Waals surface area contributed by atoms with Gasteiger partial charge in [-0.2, -0.15) is 0 Å². The number of nitrogens with one attached hydrogen (secondary N) is 1. The summed E-state index contributed by atoms with van der Waals surface area (Å²) in [5.41, 5.74) is 1.19. The van der Waals surface area contributed by atoms with Crippen molar-refractivity contribution in [2.45, 2.75) is 38.6 Å². The van der Waals surface area contributed by atoms with Gasteiger partial charge in [0.1, 0.15) is 5.85 Å². The number of rotatable bonds is 9. The highest BCUT2D eigenvalue weighted by Gasteiger charge is 2.36. The van der Waals surface area contributed by atoms with Crippen molar-refractivity contribution in [3.8, 4) is 0 Å². The summed E-state index contributed by atoms with van der Waals surface area (Å²) >= 11 is 5.86. The summed E-state index contributed by atoms with van der Waals surface area (Å²) in [6.45, 7) is 4.68. The fraction of sp³-hybridized carbons (Fsp3) is 0.625. The van der Waals surface area contributed by atoms with Crippen LogP contribution in [0.15, 0.2) is 24.3 Å². The Morgan fingerprint density at radius 2 is 2.18 bits per heavy atom. The minimum Gasteiger partial charge on any atom is -0.368 e. The second kappa shape index (κ2) is 9.05. The van der Waals surface area contributed by atoms with Gasteiger partial charge >= 0.3 is 0 Å². The smallest absolute Gasteiger partial charge is 0.231 e. The van der Waals surface area contributed by atoms with Gasteiger partial charge in [0, 0.05) is 24.3 Å². The third-order valence-electron chi connectivity index (χ3n) is 3.76. The molecular formula is C16H25ClNO3P. The molecule has 2 rings (SSSR count). The predicted molar refractivity (Wildman–Crippen MR) is 90.8 cm³/mol. The molecule has 1 aliphatic heterocycles. The van der Waals surface area contributed by atoms with E-state index in [9.17, 15) is 4.57 Å². The molecular weight excluding hydrogens is 321 g/mol. The zero-order valence-corrected chi connectivity index (χ0v) is 14.7. The van der Waals surface area contributed by atoms with Crippen LogP contribution in [0, 0.1) is 0 Å². The molecule has 2 unspecified atom stereocenters. The molecule has 1 fully saturated rings. The second-order valence-electron chi connectivity index (χ2n) is 5.49. The zero-order chi connectivity index (χ0) is 15.8. The van der Waals surface area contributed by atoms with Crippen LogP contribution >= 0.6 is 19.0 Å². The molecule has 1 aromatic carbocycles. The van der Waals surface area contributed by atoms with Crippen molar-refractivity contribution in [2.75, 3.05) is 25.9 Å². The first kappa shape index (κ1) is 18.0. The Labute approximate surface area is 138 Å². The van der Waals surface area contributed by atoms with Crippen LogP contribution < -0.4 is 5.32 Å². The van der Waals surface area contributed by atoms with Gasteiger partial charge in [-0.3, -0.25) is 4.57 Å². The molecule has 1 aliphatic rings. The van der Waals surface area contributed by atoms with Crippen LogP contribution in [-0.2, 0) is 20.4 Å². The molecule has 0 amide bonds. The molecule has 0 radical (unpaired) electrons. The Bertz CT molecular complexity index is 489. The van der Waals surface area contributed by atoms with Crippen LogP contribution in [0.3, 0.4) is 0 Å². The van der Waals surface area contributed by atoms with Crippen molar-refractivity contribution in [1.29, 1.82) is 0 Å². The summed E-state index contributed by atoms with van der Waals surface area (Å²) < 4.78 is 24.1. The van der Waals surface area contributed by atoms with Crippen molar-refractivity contribution in [2.24, 2.45) is 0 Å². The van der Waals surface area contributed by atoms with E-state index in [1.165, 1.54) is 5.56 Å². The van der Waals surface area contributed by atoms with Gasteiger partial charge in [0.25, 0.3) is 0 Å². The van der Waals surface area contributed by atoms with Crippen molar-refractivity contribution < 1.29 is 13.8 Å². The largest absolute Gasteiger partial charge is 0.368 e. The number of benzene rings is 1. The third-order valence-corrected chi connectivity index (χ3v) is 6.93. The van der Waals surface area contributed by atoms with E-state index >= 15 is 0 Å². The van der Waals surface area contributed by atoms with E-state index in [0.717, 1.165) is 37.4 Å². The lowest BCUT2D eigenvalue weighted by atomic mass is 10.2. The molecule has 0 aliphatic carbocycles. The van der Waals surface area contributed by atoms with E-state index in [4.69, 9.17) is 20.9 Å². The normalized spacial score (nSPS) is 20.9. The molecule has 0 saturated carbocycles. The first-order valence-corrected chi connectivity index (χ1v) is 10.2. The van der Waals surface area contributed by atoms with Gasteiger partial charge in [0.2, 0.25) is 7.37 Å². The van der Waals surface area contributed by atoms with Crippen LogP contribution in [-0.4, -0.2) is 31.8 Å². The summed E-state index contributed by atoms with van der Waals surface area (Å²) in [4.78, 5) is 0. The van der Waals surface area contributed by atoms with E-state index in [0.29, 0.717) is 19.4 Å². The molecule has 0 spiro atoms. The summed E-state index contributed by atoms with van der Waals surface area (Å²) in [6, 6.07) is 7.79. The first-order chi connectivity index (χ1) is 10.6. The monoisotopic (exact) mass is 345 g/mol. The SMILES string of the molecule is CCOP(=O)(CCCNCc1ccc(Cl)cc1)C1CCCO1. The second-order valence-corrected chi connectivity index (χ2v) is 8.66. The predicted octanol–water partition coefficient (Wildman–Crippen LogP) is 4.27. The molecule has 124 valence electrons. The fourth-order valence-corrected chi connectivity index (χ4v) is 5.29. The molecule has 2 atom stereocenters. The highest BCUT2D eigenvalue weighted by atomic mass is 35.5. The van der Waals surface area contributed by atoms with Crippen LogP contribution in [0.2, 0.25) is 5.02 Å². The van der Waals surface area contributed by atoms with Gasteiger partial charge in [0.05, 0.1) is 6.61 Å². The topological polar surface area (TPSA) is 47.6 Å². The van der Waals surface area contributed by atoms with Gasteiger partial charge in [-0.25, -0.2) is 0 Å². The van der Waals surface area contributed by atoms with E-state index in [-0.39, 0.29) is 5.85 Å². The first-order valence-electron chi connectivity index (χ1n) is 7.94. The minimum atomic E-state index is -2.67. The summed E-state index contributed by atoms with van der Waals surface area (Å²) in [7, 11) is -2.67. The third kappa shape index (κ3) is 5.36. The summed E-state index contributed by atoms with van der Waals surface area (Å²) in [5.74, 6) is -0.191. The quantitative estimate of drug-likeness (QED) is 0.536. The molecule has 1 aromatic rings. The van der Waals surface area contributed by atoms with Crippen molar-refractivity contribution in [1.82, 2.24) is 5.32 Å². The Balaban J connectivity index is 1.71. The van der Waals surface area contributed by atoms with Gasteiger partial charge in [0.15, 0.2) is 0 Å². The van der Waals surface area contributed by atoms with Gasteiger partial charge in [-0.15, -0.1) is 0 Å². The lowest BCUT2D eigenvalue weighted by molar-refractivity contribution is 0.147. The van der Waals surface area contributed by atoms with Crippen LogP contribution in [0.4, 0.5) is 0 Å². The maximum Gasteiger partial charge on any atom is 0.231 e.